The van der Waals surface area contributed by atoms with Crippen LogP contribution in [-0.4, -0.2) is 49.5 Å². The van der Waals surface area contributed by atoms with Crippen molar-refractivity contribution in [2.75, 3.05) is 26.7 Å². The Bertz CT molecular complexity index is 794. The van der Waals surface area contributed by atoms with E-state index in [-0.39, 0.29) is 5.91 Å². The van der Waals surface area contributed by atoms with Crippen LogP contribution in [0.15, 0.2) is 65.7 Å². The summed E-state index contributed by atoms with van der Waals surface area (Å²) in [7, 11) is 1.77. The van der Waals surface area contributed by atoms with E-state index in [9.17, 15) is 4.79 Å². The Hall–Kier alpha value is -2.86. The molecule has 6 nitrogen and oxygen atoms in total. The van der Waals surface area contributed by atoms with Gasteiger partial charge in [-0.15, -0.1) is 0 Å². The molecular formula is C24H33N5O. The minimum absolute atomic E-state index is 0.0339. The first-order valence-electron chi connectivity index (χ1n) is 10.8. The fourth-order valence-corrected chi connectivity index (χ4v) is 3.77. The van der Waals surface area contributed by atoms with Gasteiger partial charge in [-0.05, 0) is 30.5 Å². The van der Waals surface area contributed by atoms with Crippen molar-refractivity contribution >= 4 is 11.9 Å². The molecule has 1 aliphatic rings. The van der Waals surface area contributed by atoms with Gasteiger partial charge in [-0.25, -0.2) is 0 Å². The molecule has 6 heteroatoms. The number of guanidine groups is 1. The highest BCUT2D eigenvalue weighted by atomic mass is 16.1. The van der Waals surface area contributed by atoms with Crippen LogP contribution in [0.2, 0.25) is 0 Å². The average molecular weight is 408 g/mol. The Kier molecular flexibility index (Phi) is 8.72. The molecule has 0 aliphatic carbocycles. The van der Waals surface area contributed by atoms with E-state index in [0.29, 0.717) is 25.6 Å². The molecule has 0 radical (unpaired) electrons. The van der Waals surface area contributed by atoms with Crippen molar-refractivity contribution in [2.24, 2.45) is 4.99 Å². The van der Waals surface area contributed by atoms with Crippen molar-refractivity contribution in [3.05, 3.63) is 71.8 Å². The molecule has 1 fully saturated rings. The number of rotatable bonds is 9. The SMILES string of the molecule is CN=C(NCCC(=O)NCc1ccccc1)NCC1CCCN1Cc1ccccc1. The zero-order valence-corrected chi connectivity index (χ0v) is 17.8. The van der Waals surface area contributed by atoms with Crippen LogP contribution in [0.5, 0.6) is 0 Å². The highest BCUT2D eigenvalue weighted by molar-refractivity contribution is 5.81. The Morgan fingerprint density at radius 2 is 1.70 bits per heavy atom. The number of nitrogens with zero attached hydrogens (tertiary/aromatic N) is 2. The van der Waals surface area contributed by atoms with E-state index in [1.54, 1.807) is 7.05 Å². The number of hydrogen-bond donors (Lipinski definition) is 3. The molecule has 0 spiro atoms. The van der Waals surface area contributed by atoms with E-state index in [1.807, 2.05) is 30.3 Å². The first-order valence-corrected chi connectivity index (χ1v) is 10.8. The lowest BCUT2D eigenvalue weighted by molar-refractivity contribution is -0.121. The quantitative estimate of drug-likeness (QED) is 0.441. The van der Waals surface area contributed by atoms with Gasteiger partial charge in [0.25, 0.3) is 0 Å². The molecule has 1 atom stereocenters. The monoisotopic (exact) mass is 407 g/mol. The van der Waals surface area contributed by atoms with Gasteiger partial charge in [0.2, 0.25) is 5.91 Å². The normalized spacial score (nSPS) is 17.0. The number of benzene rings is 2. The lowest BCUT2D eigenvalue weighted by atomic mass is 10.2. The second-order valence-electron chi connectivity index (χ2n) is 7.64. The maximum atomic E-state index is 12.1. The number of carbonyl (C=O) groups excluding carboxylic acids is 1. The highest BCUT2D eigenvalue weighted by Gasteiger charge is 2.24. The van der Waals surface area contributed by atoms with Crippen molar-refractivity contribution in [2.45, 2.75) is 38.4 Å². The smallest absolute Gasteiger partial charge is 0.222 e. The maximum absolute atomic E-state index is 12.1. The van der Waals surface area contributed by atoms with Gasteiger partial charge in [0.1, 0.15) is 0 Å². The summed E-state index contributed by atoms with van der Waals surface area (Å²) in [6, 6.07) is 21.1. The van der Waals surface area contributed by atoms with Gasteiger partial charge >= 0.3 is 0 Å². The topological polar surface area (TPSA) is 68.8 Å². The summed E-state index contributed by atoms with van der Waals surface area (Å²) < 4.78 is 0. The number of nitrogens with one attached hydrogen (secondary N) is 3. The van der Waals surface area contributed by atoms with Crippen LogP contribution in [-0.2, 0) is 17.9 Å². The van der Waals surface area contributed by atoms with Crippen LogP contribution in [0, 0.1) is 0 Å². The number of carbonyl (C=O) groups is 1. The summed E-state index contributed by atoms with van der Waals surface area (Å²) in [4.78, 5) is 18.9. The van der Waals surface area contributed by atoms with Crippen molar-refractivity contribution in [3.8, 4) is 0 Å². The van der Waals surface area contributed by atoms with Crippen LogP contribution in [0.4, 0.5) is 0 Å². The number of likely N-dealkylation sites (tertiary alicyclic amines) is 1. The fourth-order valence-electron chi connectivity index (χ4n) is 3.77. The van der Waals surface area contributed by atoms with Crippen molar-refractivity contribution in [1.29, 1.82) is 0 Å². The molecule has 2 aromatic rings. The predicted molar refractivity (Wildman–Crippen MR) is 122 cm³/mol. The third-order valence-electron chi connectivity index (χ3n) is 5.43. The van der Waals surface area contributed by atoms with Crippen molar-refractivity contribution in [1.82, 2.24) is 20.9 Å². The van der Waals surface area contributed by atoms with Crippen LogP contribution in [0.25, 0.3) is 0 Å². The molecular weight excluding hydrogens is 374 g/mol. The van der Waals surface area contributed by atoms with Gasteiger partial charge < -0.3 is 16.0 Å². The summed E-state index contributed by atoms with van der Waals surface area (Å²) in [6.45, 7) is 4.09. The van der Waals surface area contributed by atoms with E-state index < -0.39 is 0 Å². The third-order valence-corrected chi connectivity index (χ3v) is 5.43. The Morgan fingerprint density at radius 3 is 2.40 bits per heavy atom. The average Bonchev–Trinajstić information content (AvgIpc) is 3.23. The van der Waals surface area contributed by atoms with Gasteiger partial charge in [0, 0.05) is 45.7 Å². The first-order chi connectivity index (χ1) is 14.7. The number of hydrogen-bond acceptors (Lipinski definition) is 3. The largest absolute Gasteiger partial charge is 0.356 e. The van der Waals surface area contributed by atoms with Gasteiger partial charge in [0.15, 0.2) is 5.96 Å². The molecule has 3 rings (SSSR count). The van der Waals surface area contributed by atoms with Crippen LogP contribution in [0.1, 0.15) is 30.4 Å². The Balaban J connectivity index is 1.34. The van der Waals surface area contributed by atoms with Gasteiger partial charge in [-0.3, -0.25) is 14.7 Å². The molecule has 2 aromatic carbocycles. The second kappa shape index (κ2) is 12.0. The standard InChI is InChI=1S/C24H33N5O/c1-25-24(26-15-14-23(30)27-17-20-9-4-2-5-10-20)28-18-22-13-8-16-29(22)19-21-11-6-3-7-12-21/h2-7,9-12,22H,8,13-19H2,1H3,(H,27,30)(H2,25,26,28). The van der Waals surface area contributed by atoms with Crippen LogP contribution in [0.3, 0.4) is 0 Å². The zero-order valence-electron chi connectivity index (χ0n) is 17.8. The predicted octanol–water partition coefficient (Wildman–Crippen LogP) is 2.52. The third kappa shape index (κ3) is 7.19. The van der Waals surface area contributed by atoms with Gasteiger partial charge in [-0.1, -0.05) is 60.7 Å². The molecule has 0 aromatic heterocycles. The highest BCUT2D eigenvalue weighted by Crippen LogP contribution is 2.19. The minimum atomic E-state index is 0.0339. The molecule has 30 heavy (non-hydrogen) atoms. The van der Waals surface area contributed by atoms with E-state index in [0.717, 1.165) is 31.2 Å². The molecule has 1 heterocycles. The van der Waals surface area contributed by atoms with E-state index in [4.69, 9.17) is 0 Å². The van der Waals surface area contributed by atoms with E-state index >= 15 is 0 Å². The van der Waals surface area contributed by atoms with Gasteiger partial charge in [-0.2, -0.15) is 0 Å². The fraction of sp³-hybridized carbons (Fsp3) is 0.417. The molecule has 1 saturated heterocycles. The summed E-state index contributed by atoms with van der Waals surface area (Å²) in [5.74, 6) is 0.782. The lowest BCUT2D eigenvalue weighted by Crippen LogP contribution is -2.45. The molecule has 3 N–H and O–H groups in total. The summed E-state index contributed by atoms with van der Waals surface area (Å²) >= 11 is 0. The molecule has 0 saturated carbocycles. The molecule has 1 aliphatic heterocycles. The van der Waals surface area contributed by atoms with Crippen molar-refractivity contribution < 1.29 is 4.79 Å². The molecule has 160 valence electrons. The Morgan fingerprint density at radius 1 is 1.00 bits per heavy atom. The Labute approximate surface area is 179 Å². The summed E-state index contributed by atoms with van der Waals surface area (Å²) in [5, 5.41) is 9.62. The van der Waals surface area contributed by atoms with E-state index in [2.05, 4.69) is 56.2 Å². The van der Waals surface area contributed by atoms with Crippen LogP contribution >= 0.6 is 0 Å². The summed E-state index contributed by atoms with van der Waals surface area (Å²) in [6.07, 6.45) is 2.84. The van der Waals surface area contributed by atoms with Crippen LogP contribution < -0.4 is 16.0 Å². The maximum Gasteiger partial charge on any atom is 0.222 e. The zero-order chi connectivity index (χ0) is 21.0. The second-order valence-corrected chi connectivity index (χ2v) is 7.64. The summed E-state index contributed by atoms with van der Waals surface area (Å²) in [5.41, 5.74) is 2.46. The molecule has 1 unspecified atom stereocenters. The van der Waals surface area contributed by atoms with E-state index in [1.165, 1.54) is 18.4 Å². The minimum Gasteiger partial charge on any atom is -0.356 e. The van der Waals surface area contributed by atoms with Gasteiger partial charge in [0.05, 0.1) is 0 Å². The first kappa shape index (κ1) is 21.8. The number of amides is 1. The molecule has 1 amide bonds. The van der Waals surface area contributed by atoms with Crippen molar-refractivity contribution in [3.63, 3.8) is 0 Å². The molecule has 0 bridgehead atoms. The number of aliphatic imine (C=N–C) groups is 1. The lowest BCUT2D eigenvalue weighted by Gasteiger charge is -2.25.